The largest absolute Gasteiger partial charge is 0.398 e. The second-order valence-corrected chi connectivity index (χ2v) is 8.09. The third kappa shape index (κ3) is 4.71. The summed E-state index contributed by atoms with van der Waals surface area (Å²) in [6.07, 6.45) is 5.52. The molecule has 1 saturated heterocycles. The molecule has 164 valence electrons. The summed E-state index contributed by atoms with van der Waals surface area (Å²) in [6, 6.07) is 10.6. The molecule has 1 fully saturated rings. The minimum absolute atomic E-state index is 0.150. The van der Waals surface area contributed by atoms with Gasteiger partial charge in [0.2, 0.25) is 5.91 Å². The first-order valence-electron chi connectivity index (χ1n) is 10.1. The van der Waals surface area contributed by atoms with Gasteiger partial charge in [-0.1, -0.05) is 23.7 Å². The van der Waals surface area contributed by atoms with Gasteiger partial charge in [-0.05, 0) is 41.5 Å². The fourth-order valence-corrected chi connectivity index (χ4v) is 3.89. The Morgan fingerprint density at radius 3 is 2.78 bits per heavy atom. The summed E-state index contributed by atoms with van der Waals surface area (Å²) in [5.74, 6) is 0.289. The number of carbonyl (C=O) groups excluding carboxylic acids is 2. The maximum atomic E-state index is 12.6. The summed E-state index contributed by atoms with van der Waals surface area (Å²) in [4.78, 5) is 36.4. The number of carbonyl (C=O) groups is 2. The Bertz CT molecular complexity index is 1200. The molecule has 1 atom stereocenters. The van der Waals surface area contributed by atoms with Crippen LogP contribution in [0.4, 0.5) is 11.5 Å². The Labute approximate surface area is 190 Å². The van der Waals surface area contributed by atoms with Crippen molar-refractivity contribution in [2.24, 2.45) is 0 Å². The third-order valence-electron chi connectivity index (χ3n) is 5.56. The van der Waals surface area contributed by atoms with Crippen LogP contribution in [0, 0.1) is 0 Å². The van der Waals surface area contributed by atoms with Crippen LogP contribution >= 0.6 is 11.6 Å². The molecule has 1 aliphatic heterocycles. The minimum Gasteiger partial charge on any atom is -0.398 e. The number of anilines is 2. The van der Waals surface area contributed by atoms with E-state index < -0.39 is 6.04 Å². The molecule has 0 spiro atoms. The molecule has 1 amide bonds. The van der Waals surface area contributed by atoms with Crippen LogP contribution in [0.2, 0.25) is 5.02 Å². The first kappa shape index (κ1) is 21.7. The summed E-state index contributed by atoms with van der Waals surface area (Å²) in [6.45, 7) is 2.02. The van der Waals surface area contributed by atoms with E-state index in [0.29, 0.717) is 42.7 Å². The number of aromatic nitrogens is 2. The molecule has 0 saturated carbocycles. The predicted molar refractivity (Wildman–Crippen MR) is 126 cm³/mol. The molecular weight excluding hydrogens is 428 g/mol. The summed E-state index contributed by atoms with van der Waals surface area (Å²) in [5, 5.41) is 1.27. The highest BCUT2D eigenvalue weighted by molar-refractivity contribution is 6.33. The molecule has 2 heterocycles. The quantitative estimate of drug-likeness (QED) is 0.348. The Morgan fingerprint density at radius 1 is 1.16 bits per heavy atom. The zero-order valence-electron chi connectivity index (χ0n) is 17.3. The molecule has 1 aromatic heterocycles. The molecule has 2 aromatic carbocycles. The van der Waals surface area contributed by atoms with Gasteiger partial charge in [-0.15, -0.1) is 0 Å². The second kappa shape index (κ2) is 9.33. The molecule has 0 radical (unpaired) electrons. The number of nitrogen functional groups attached to an aromatic ring is 2. The van der Waals surface area contributed by atoms with Crippen molar-refractivity contribution in [2.45, 2.75) is 12.6 Å². The van der Waals surface area contributed by atoms with Crippen molar-refractivity contribution in [3.63, 3.8) is 0 Å². The van der Waals surface area contributed by atoms with Crippen LogP contribution in [-0.2, 0) is 16.1 Å². The smallest absolute Gasteiger partial charge is 0.246 e. The third-order valence-corrected chi connectivity index (χ3v) is 5.90. The Balaban J connectivity index is 1.41. The van der Waals surface area contributed by atoms with Crippen molar-refractivity contribution < 1.29 is 9.59 Å². The number of amides is 1. The summed E-state index contributed by atoms with van der Waals surface area (Å²) in [5.41, 5.74) is 14.7. The number of nitrogens with zero attached hydrogens (tertiary/aromatic N) is 4. The van der Waals surface area contributed by atoms with Gasteiger partial charge in [0.1, 0.15) is 18.4 Å². The average Bonchev–Trinajstić information content (AvgIpc) is 2.80. The van der Waals surface area contributed by atoms with E-state index in [1.807, 2.05) is 18.2 Å². The van der Waals surface area contributed by atoms with Gasteiger partial charge in [-0.2, -0.15) is 0 Å². The zero-order valence-corrected chi connectivity index (χ0v) is 18.1. The van der Waals surface area contributed by atoms with Crippen LogP contribution in [0.15, 0.2) is 48.8 Å². The van der Waals surface area contributed by atoms with Gasteiger partial charge in [-0.25, -0.2) is 9.97 Å². The van der Waals surface area contributed by atoms with Crippen LogP contribution < -0.4 is 11.5 Å². The highest BCUT2D eigenvalue weighted by Crippen LogP contribution is 2.22. The maximum Gasteiger partial charge on any atom is 0.246 e. The number of halogens is 1. The molecule has 8 nitrogen and oxygen atoms in total. The zero-order chi connectivity index (χ0) is 22.7. The van der Waals surface area contributed by atoms with E-state index in [9.17, 15) is 9.59 Å². The second-order valence-electron chi connectivity index (χ2n) is 7.68. The number of hydrogen-bond donors (Lipinski definition) is 2. The van der Waals surface area contributed by atoms with Gasteiger partial charge in [0.25, 0.3) is 0 Å². The van der Waals surface area contributed by atoms with Gasteiger partial charge in [-0.3, -0.25) is 9.69 Å². The van der Waals surface area contributed by atoms with Crippen LogP contribution in [0.1, 0.15) is 11.1 Å². The maximum absolute atomic E-state index is 12.6. The number of piperazine rings is 1. The van der Waals surface area contributed by atoms with Crippen molar-refractivity contribution in [2.75, 3.05) is 31.1 Å². The summed E-state index contributed by atoms with van der Waals surface area (Å²) >= 11 is 5.93. The van der Waals surface area contributed by atoms with Crippen molar-refractivity contribution >= 4 is 52.3 Å². The Hall–Kier alpha value is -3.49. The first-order valence-corrected chi connectivity index (χ1v) is 10.5. The highest BCUT2D eigenvalue weighted by atomic mass is 35.5. The van der Waals surface area contributed by atoms with Gasteiger partial charge >= 0.3 is 0 Å². The van der Waals surface area contributed by atoms with Crippen molar-refractivity contribution in [1.29, 1.82) is 0 Å². The van der Waals surface area contributed by atoms with Gasteiger partial charge < -0.3 is 21.2 Å². The van der Waals surface area contributed by atoms with E-state index in [1.165, 1.54) is 12.4 Å². The van der Waals surface area contributed by atoms with E-state index in [2.05, 4.69) is 14.9 Å². The fourth-order valence-electron chi connectivity index (χ4n) is 3.77. The van der Waals surface area contributed by atoms with Gasteiger partial charge in [0, 0.05) is 37.6 Å². The molecular formula is C23H23ClN6O2. The van der Waals surface area contributed by atoms with E-state index in [1.54, 1.807) is 29.2 Å². The molecule has 0 bridgehead atoms. The lowest BCUT2D eigenvalue weighted by atomic mass is 10.1. The SMILES string of the molecule is Nc1cc(/C=C/C(=O)N2CCN(Cc3ccc4c(N)ncnc4c3)C(C=O)C2)ccc1Cl. The van der Waals surface area contributed by atoms with Crippen molar-refractivity contribution in [3.05, 3.63) is 65.0 Å². The number of nitrogens with two attached hydrogens (primary N) is 2. The normalized spacial score (nSPS) is 17.2. The van der Waals surface area contributed by atoms with Crippen molar-refractivity contribution in [1.82, 2.24) is 19.8 Å². The Morgan fingerprint density at radius 2 is 2.00 bits per heavy atom. The van der Waals surface area contributed by atoms with E-state index >= 15 is 0 Å². The predicted octanol–water partition coefficient (Wildman–Crippen LogP) is 2.37. The minimum atomic E-state index is -0.390. The lowest BCUT2D eigenvalue weighted by Crippen LogP contribution is -2.54. The molecule has 0 aliphatic carbocycles. The average molecular weight is 451 g/mol. The van der Waals surface area contributed by atoms with E-state index in [-0.39, 0.29) is 5.91 Å². The fraction of sp³-hybridized carbons (Fsp3) is 0.217. The summed E-state index contributed by atoms with van der Waals surface area (Å²) in [7, 11) is 0. The molecule has 4 rings (SSSR count). The number of rotatable bonds is 5. The van der Waals surface area contributed by atoms with Crippen molar-refractivity contribution in [3.8, 4) is 0 Å². The number of hydrogen-bond acceptors (Lipinski definition) is 7. The Kier molecular flexibility index (Phi) is 6.34. The number of aldehydes is 1. The molecule has 1 aliphatic rings. The van der Waals surface area contributed by atoms with Crippen LogP contribution in [0.25, 0.3) is 17.0 Å². The van der Waals surface area contributed by atoms with Crippen LogP contribution in [-0.4, -0.2) is 57.6 Å². The molecule has 32 heavy (non-hydrogen) atoms. The van der Waals surface area contributed by atoms with Gasteiger partial charge in [0.05, 0.1) is 22.3 Å². The molecule has 4 N–H and O–H groups in total. The van der Waals surface area contributed by atoms with E-state index in [0.717, 1.165) is 28.3 Å². The lowest BCUT2D eigenvalue weighted by molar-refractivity contribution is -0.130. The molecule has 1 unspecified atom stereocenters. The lowest BCUT2D eigenvalue weighted by Gasteiger charge is -2.38. The molecule has 3 aromatic rings. The first-order chi connectivity index (χ1) is 15.4. The van der Waals surface area contributed by atoms with E-state index in [4.69, 9.17) is 23.1 Å². The monoisotopic (exact) mass is 450 g/mol. The highest BCUT2D eigenvalue weighted by Gasteiger charge is 2.28. The number of benzene rings is 2. The number of fused-ring (bicyclic) bond motifs is 1. The van der Waals surface area contributed by atoms with Crippen LogP contribution in [0.5, 0.6) is 0 Å². The summed E-state index contributed by atoms with van der Waals surface area (Å²) < 4.78 is 0. The van der Waals surface area contributed by atoms with Gasteiger partial charge in [0.15, 0.2) is 0 Å². The topological polar surface area (TPSA) is 118 Å². The molecule has 9 heteroatoms. The standard InChI is InChI=1S/C23H23ClN6O2/c24-19-5-2-15(9-20(19)25)3-6-22(32)30-8-7-29(17(12-30)13-31)11-16-1-4-18-21(10-16)27-14-28-23(18)26/h1-6,9-10,13-14,17H,7-8,11-12,25H2,(H2,26,27,28)/b6-3+. The van der Waals surface area contributed by atoms with Crippen LogP contribution in [0.3, 0.4) is 0 Å².